The summed E-state index contributed by atoms with van der Waals surface area (Å²) in [4.78, 5) is 15.7. The van der Waals surface area contributed by atoms with E-state index >= 15 is 0 Å². The highest BCUT2D eigenvalue weighted by Gasteiger charge is 2.11. The molecule has 130 valence electrons. The van der Waals surface area contributed by atoms with Crippen LogP contribution in [0.4, 0.5) is 4.39 Å². The van der Waals surface area contributed by atoms with Crippen LogP contribution in [0, 0.1) is 12.9 Å². The average molecular weight is 367 g/mol. The standard InChI is InChI=1S/C20H16ClFN4/c1-12-4-18-15(10-26-20(18)25-8-12)7-14-5-13(9-24-19(14)22)6-17-3-2-16(21)11-23-17/h2-5,8-11H,6-7H2,1H3,(H,25,26). The van der Waals surface area contributed by atoms with Crippen LogP contribution in [-0.4, -0.2) is 19.9 Å². The summed E-state index contributed by atoms with van der Waals surface area (Å²) in [6, 6.07) is 7.56. The van der Waals surface area contributed by atoms with Gasteiger partial charge in [-0.15, -0.1) is 0 Å². The first-order valence-corrected chi connectivity index (χ1v) is 8.62. The van der Waals surface area contributed by atoms with Gasteiger partial charge < -0.3 is 4.98 Å². The fourth-order valence-electron chi connectivity index (χ4n) is 3.00. The Morgan fingerprint density at radius 1 is 1.00 bits per heavy atom. The van der Waals surface area contributed by atoms with E-state index in [9.17, 15) is 4.39 Å². The minimum atomic E-state index is -0.451. The molecule has 0 aliphatic rings. The molecule has 0 amide bonds. The van der Waals surface area contributed by atoms with Crippen molar-refractivity contribution in [3.63, 3.8) is 0 Å². The molecule has 0 spiro atoms. The zero-order chi connectivity index (χ0) is 18.1. The molecular formula is C20H16ClFN4. The van der Waals surface area contributed by atoms with E-state index in [1.54, 1.807) is 18.5 Å². The van der Waals surface area contributed by atoms with E-state index in [0.717, 1.165) is 33.4 Å². The molecule has 26 heavy (non-hydrogen) atoms. The molecule has 4 aromatic heterocycles. The molecule has 4 aromatic rings. The number of aromatic amines is 1. The number of nitrogens with one attached hydrogen (secondary N) is 1. The van der Waals surface area contributed by atoms with Crippen molar-refractivity contribution < 1.29 is 4.39 Å². The number of H-pyrrole nitrogens is 1. The van der Waals surface area contributed by atoms with Crippen molar-refractivity contribution in [3.05, 3.63) is 88.0 Å². The van der Waals surface area contributed by atoms with Crippen molar-refractivity contribution in [2.75, 3.05) is 0 Å². The number of fused-ring (bicyclic) bond motifs is 1. The summed E-state index contributed by atoms with van der Waals surface area (Å²) in [5.41, 5.74) is 5.20. The summed E-state index contributed by atoms with van der Waals surface area (Å²) in [5.74, 6) is -0.451. The number of aromatic nitrogens is 4. The van der Waals surface area contributed by atoms with Crippen LogP contribution in [0.5, 0.6) is 0 Å². The van der Waals surface area contributed by atoms with Gasteiger partial charge in [-0.3, -0.25) is 4.98 Å². The van der Waals surface area contributed by atoms with Crippen LogP contribution >= 0.6 is 11.6 Å². The topological polar surface area (TPSA) is 54.5 Å². The number of halogens is 2. The molecule has 0 bridgehead atoms. The molecule has 0 fully saturated rings. The second kappa shape index (κ2) is 6.84. The highest BCUT2D eigenvalue weighted by molar-refractivity contribution is 6.30. The van der Waals surface area contributed by atoms with Gasteiger partial charge in [0.2, 0.25) is 5.95 Å². The summed E-state index contributed by atoms with van der Waals surface area (Å²) in [6.07, 6.45) is 7.87. The van der Waals surface area contributed by atoms with Gasteiger partial charge in [0.1, 0.15) is 5.65 Å². The van der Waals surface area contributed by atoms with Gasteiger partial charge in [0.25, 0.3) is 0 Å². The third-order valence-corrected chi connectivity index (χ3v) is 4.50. The molecule has 0 radical (unpaired) electrons. The number of hydrogen-bond acceptors (Lipinski definition) is 3. The molecule has 0 aromatic carbocycles. The van der Waals surface area contributed by atoms with Crippen LogP contribution in [0.1, 0.15) is 27.9 Å². The quantitative estimate of drug-likeness (QED) is 0.535. The predicted molar refractivity (Wildman–Crippen MR) is 99.9 cm³/mol. The Balaban J connectivity index is 1.63. The molecule has 0 saturated carbocycles. The minimum absolute atomic E-state index is 0.450. The van der Waals surface area contributed by atoms with Crippen LogP contribution < -0.4 is 0 Å². The van der Waals surface area contributed by atoms with Crippen LogP contribution in [0.25, 0.3) is 11.0 Å². The van der Waals surface area contributed by atoms with Crippen molar-refractivity contribution >= 4 is 22.6 Å². The maximum atomic E-state index is 14.3. The van der Waals surface area contributed by atoms with Crippen molar-refractivity contribution in [2.24, 2.45) is 0 Å². The number of hydrogen-bond donors (Lipinski definition) is 1. The van der Waals surface area contributed by atoms with Gasteiger partial charge in [-0.05, 0) is 47.9 Å². The lowest BCUT2D eigenvalue weighted by atomic mass is 10.0. The van der Waals surface area contributed by atoms with E-state index in [4.69, 9.17) is 11.6 Å². The first kappa shape index (κ1) is 16.7. The Hall–Kier alpha value is -2.79. The highest BCUT2D eigenvalue weighted by atomic mass is 35.5. The molecule has 0 aliphatic carbocycles. The number of aryl methyl sites for hydroxylation is 1. The lowest BCUT2D eigenvalue weighted by Gasteiger charge is -2.06. The summed E-state index contributed by atoms with van der Waals surface area (Å²) < 4.78 is 14.3. The van der Waals surface area contributed by atoms with Gasteiger partial charge in [-0.25, -0.2) is 9.97 Å². The predicted octanol–water partition coefficient (Wildman–Crippen LogP) is 4.64. The Morgan fingerprint density at radius 2 is 1.88 bits per heavy atom. The van der Waals surface area contributed by atoms with Gasteiger partial charge >= 0.3 is 0 Å². The fraction of sp³-hybridized carbons (Fsp3) is 0.150. The Morgan fingerprint density at radius 3 is 2.69 bits per heavy atom. The van der Waals surface area contributed by atoms with Crippen LogP contribution in [-0.2, 0) is 12.8 Å². The normalized spacial score (nSPS) is 11.2. The van der Waals surface area contributed by atoms with Gasteiger partial charge in [0.05, 0.1) is 5.02 Å². The van der Waals surface area contributed by atoms with Crippen molar-refractivity contribution in [1.29, 1.82) is 0 Å². The second-order valence-electron chi connectivity index (χ2n) is 6.34. The lowest BCUT2D eigenvalue weighted by Crippen LogP contribution is -2.00. The minimum Gasteiger partial charge on any atom is -0.346 e. The lowest BCUT2D eigenvalue weighted by molar-refractivity contribution is 0.569. The largest absolute Gasteiger partial charge is 0.346 e. The molecule has 4 rings (SSSR count). The number of pyridine rings is 3. The average Bonchev–Trinajstić information content (AvgIpc) is 3.02. The molecule has 4 nitrogen and oxygen atoms in total. The number of nitrogens with zero attached hydrogens (tertiary/aromatic N) is 3. The van der Waals surface area contributed by atoms with Crippen molar-refractivity contribution in [1.82, 2.24) is 19.9 Å². The molecule has 0 aliphatic heterocycles. The van der Waals surface area contributed by atoms with E-state index in [1.165, 1.54) is 0 Å². The van der Waals surface area contributed by atoms with Crippen LogP contribution in [0.15, 0.2) is 49.1 Å². The first-order valence-electron chi connectivity index (χ1n) is 8.25. The first-order chi connectivity index (χ1) is 12.6. The fourth-order valence-corrected chi connectivity index (χ4v) is 3.11. The second-order valence-corrected chi connectivity index (χ2v) is 6.77. The van der Waals surface area contributed by atoms with Crippen molar-refractivity contribution in [3.8, 4) is 0 Å². The maximum absolute atomic E-state index is 14.3. The van der Waals surface area contributed by atoms with E-state index in [-0.39, 0.29) is 0 Å². The third kappa shape index (κ3) is 3.44. The molecular weight excluding hydrogens is 351 g/mol. The molecule has 1 N–H and O–H groups in total. The van der Waals surface area contributed by atoms with Gasteiger partial charge in [-0.1, -0.05) is 11.6 Å². The van der Waals surface area contributed by atoms with Gasteiger partial charge in [0.15, 0.2) is 0 Å². The Kier molecular flexibility index (Phi) is 4.39. The van der Waals surface area contributed by atoms with Gasteiger partial charge in [-0.2, -0.15) is 4.39 Å². The van der Waals surface area contributed by atoms with E-state index in [2.05, 4.69) is 26.0 Å². The van der Waals surface area contributed by atoms with E-state index < -0.39 is 5.95 Å². The summed E-state index contributed by atoms with van der Waals surface area (Å²) in [7, 11) is 0. The number of rotatable bonds is 4. The van der Waals surface area contributed by atoms with Crippen LogP contribution in [0.2, 0.25) is 5.02 Å². The maximum Gasteiger partial charge on any atom is 0.216 e. The van der Waals surface area contributed by atoms with Crippen molar-refractivity contribution in [2.45, 2.75) is 19.8 Å². The van der Waals surface area contributed by atoms with Crippen LogP contribution in [0.3, 0.4) is 0 Å². The highest BCUT2D eigenvalue weighted by Crippen LogP contribution is 2.22. The zero-order valence-corrected chi connectivity index (χ0v) is 14.9. The molecule has 6 heteroatoms. The van der Waals surface area contributed by atoms with E-state index in [0.29, 0.717) is 23.4 Å². The Bertz CT molecular complexity index is 1070. The van der Waals surface area contributed by atoms with E-state index in [1.807, 2.05) is 31.5 Å². The SMILES string of the molecule is Cc1cnc2[nH]cc(Cc3cc(Cc4ccc(Cl)cn4)cnc3F)c2c1. The molecule has 0 unspecified atom stereocenters. The smallest absolute Gasteiger partial charge is 0.216 e. The molecule has 0 atom stereocenters. The Labute approximate surface area is 155 Å². The summed E-state index contributed by atoms with van der Waals surface area (Å²) >= 11 is 5.87. The molecule has 4 heterocycles. The molecule has 0 saturated heterocycles. The third-order valence-electron chi connectivity index (χ3n) is 4.28. The zero-order valence-electron chi connectivity index (χ0n) is 14.1. The summed E-state index contributed by atoms with van der Waals surface area (Å²) in [5, 5.41) is 1.60. The summed E-state index contributed by atoms with van der Waals surface area (Å²) in [6.45, 7) is 1.99. The monoisotopic (exact) mass is 366 g/mol. The van der Waals surface area contributed by atoms with Gasteiger partial charge in [0, 0.05) is 54.3 Å².